The Kier molecular flexibility index (Phi) is 8.08. The maximum absolute atomic E-state index is 13.5. The van der Waals surface area contributed by atoms with Crippen LogP contribution in [0.1, 0.15) is 66.1 Å². The van der Waals surface area contributed by atoms with Gasteiger partial charge in [-0.2, -0.15) is 0 Å². The highest BCUT2D eigenvalue weighted by Gasteiger charge is 2.48. The summed E-state index contributed by atoms with van der Waals surface area (Å²) in [6.45, 7) is 3.25. The first-order chi connectivity index (χ1) is 22.3. The summed E-state index contributed by atoms with van der Waals surface area (Å²) in [7, 11) is 1.93. The number of likely N-dealkylation sites (N-methyl/N-ethyl adjacent to an activating group) is 1. The molecule has 1 unspecified atom stereocenters. The zero-order valence-electron chi connectivity index (χ0n) is 26.1. The van der Waals surface area contributed by atoms with Crippen LogP contribution < -0.4 is 15.5 Å². The normalized spacial score (nSPS) is 20.1. The van der Waals surface area contributed by atoms with Crippen molar-refractivity contribution >= 4 is 50.0 Å². The van der Waals surface area contributed by atoms with Crippen LogP contribution >= 0.6 is 11.3 Å². The van der Waals surface area contributed by atoms with E-state index in [4.69, 9.17) is 4.98 Å². The van der Waals surface area contributed by atoms with Gasteiger partial charge in [0.1, 0.15) is 5.82 Å². The molecule has 7 rings (SSSR count). The third-order valence-corrected chi connectivity index (χ3v) is 10.8. The van der Waals surface area contributed by atoms with E-state index >= 15 is 0 Å². The van der Waals surface area contributed by atoms with Crippen molar-refractivity contribution in [1.29, 1.82) is 0 Å². The van der Waals surface area contributed by atoms with Gasteiger partial charge in [-0.1, -0.05) is 54.9 Å². The van der Waals surface area contributed by atoms with Crippen LogP contribution in [0.5, 0.6) is 0 Å². The number of para-hydroxylation sites is 1. The fourth-order valence-corrected chi connectivity index (χ4v) is 8.14. The van der Waals surface area contributed by atoms with Gasteiger partial charge < -0.3 is 15.3 Å². The van der Waals surface area contributed by atoms with E-state index in [1.807, 2.05) is 79.7 Å². The molecule has 0 spiro atoms. The molecule has 1 saturated carbocycles. The van der Waals surface area contributed by atoms with Gasteiger partial charge in [0.15, 0.2) is 5.13 Å². The van der Waals surface area contributed by atoms with Gasteiger partial charge in [0.05, 0.1) is 10.2 Å². The van der Waals surface area contributed by atoms with Gasteiger partial charge in [-0.15, -0.1) is 0 Å². The summed E-state index contributed by atoms with van der Waals surface area (Å²) in [4.78, 5) is 40.0. The Hall–Kier alpha value is -4.54. The van der Waals surface area contributed by atoms with Crippen molar-refractivity contribution in [3.05, 3.63) is 101 Å². The summed E-state index contributed by atoms with van der Waals surface area (Å²) < 4.78 is 1.03. The molecule has 1 fully saturated rings. The minimum atomic E-state index is -1.32. The molecular formula is C36H38N6O3S. The van der Waals surface area contributed by atoms with Gasteiger partial charge in [0, 0.05) is 36.5 Å². The lowest BCUT2D eigenvalue weighted by atomic mass is 9.85. The number of hydrogen-bond acceptors (Lipinski definition) is 8. The molecular weight excluding hydrogens is 597 g/mol. The molecule has 2 aromatic carbocycles. The largest absolute Gasteiger partial charge is 0.478 e. The molecule has 46 heavy (non-hydrogen) atoms. The van der Waals surface area contributed by atoms with Crippen molar-refractivity contribution in [1.82, 2.24) is 20.2 Å². The lowest BCUT2D eigenvalue weighted by Gasteiger charge is -2.46. The van der Waals surface area contributed by atoms with E-state index in [2.05, 4.69) is 26.6 Å². The molecule has 2 aliphatic heterocycles. The summed E-state index contributed by atoms with van der Waals surface area (Å²) in [5, 5.41) is 17.4. The number of hydrogen-bond donors (Lipinski definition) is 3. The number of aliphatic carboxylic acids is 1. The van der Waals surface area contributed by atoms with Crippen LogP contribution in [0.2, 0.25) is 0 Å². The van der Waals surface area contributed by atoms with E-state index in [1.165, 1.54) is 17.8 Å². The highest BCUT2D eigenvalue weighted by molar-refractivity contribution is 7.22. The number of anilines is 2. The molecule has 0 saturated heterocycles. The van der Waals surface area contributed by atoms with Crippen molar-refractivity contribution in [3.63, 3.8) is 0 Å². The molecule has 1 amide bonds. The number of rotatable bonds is 7. The number of carbonyl (C=O) groups is 2. The Labute approximate surface area is 272 Å². The number of thiazole rings is 1. The fourth-order valence-electron chi connectivity index (χ4n) is 7.28. The molecule has 9 nitrogen and oxygen atoms in total. The molecule has 1 aliphatic carbocycles. The number of carboxylic acid groups (broad SMARTS) is 1. The quantitative estimate of drug-likeness (QED) is 0.213. The number of nitrogens with one attached hydrogen (secondary N) is 2. The first kappa shape index (κ1) is 30.1. The van der Waals surface area contributed by atoms with Gasteiger partial charge in [-0.05, 0) is 98.1 Å². The van der Waals surface area contributed by atoms with Gasteiger partial charge in [0.2, 0.25) is 5.66 Å². The van der Waals surface area contributed by atoms with Gasteiger partial charge in [0.25, 0.3) is 5.91 Å². The number of fused-ring (bicyclic) bond motifs is 2. The highest BCUT2D eigenvalue weighted by atomic mass is 32.1. The second-order valence-corrected chi connectivity index (χ2v) is 13.4. The summed E-state index contributed by atoms with van der Waals surface area (Å²) in [6.07, 6.45) is 11.8. The van der Waals surface area contributed by atoms with Gasteiger partial charge in [-0.25, -0.2) is 14.8 Å². The Morgan fingerprint density at radius 3 is 2.67 bits per heavy atom. The molecule has 1 atom stereocenters. The van der Waals surface area contributed by atoms with Crippen LogP contribution in [0.4, 0.5) is 10.9 Å². The predicted molar refractivity (Wildman–Crippen MR) is 183 cm³/mol. The average Bonchev–Trinajstić information content (AvgIpc) is 3.50. The first-order valence-corrected chi connectivity index (χ1v) is 16.8. The Bertz CT molecular complexity index is 1830. The number of amides is 1. The van der Waals surface area contributed by atoms with Crippen LogP contribution in [0, 0.1) is 0 Å². The minimum absolute atomic E-state index is 0.165. The van der Waals surface area contributed by atoms with E-state index in [-0.39, 0.29) is 11.9 Å². The van der Waals surface area contributed by atoms with E-state index < -0.39 is 11.6 Å². The van der Waals surface area contributed by atoms with Gasteiger partial charge >= 0.3 is 5.97 Å². The first-order valence-electron chi connectivity index (χ1n) is 16.0. The Balaban J connectivity index is 1.12. The van der Waals surface area contributed by atoms with E-state index in [9.17, 15) is 14.7 Å². The maximum atomic E-state index is 13.5. The molecule has 4 aromatic rings. The lowest BCUT2D eigenvalue weighted by Crippen LogP contribution is -2.65. The van der Waals surface area contributed by atoms with Crippen molar-refractivity contribution in [2.45, 2.75) is 63.7 Å². The molecule has 0 bridgehead atoms. The smallest absolute Gasteiger partial charge is 0.349 e. The second-order valence-electron chi connectivity index (χ2n) is 12.4. The van der Waals surface area contributed by atoms with Crippen LogP contribution in [0.25, 0.3) is 15.8 Å². The molecule has 3 N–H and O–H groups in total. The Morgan fingerprint density at radius 2 is 1.91 bits per heavy atom. The van der Waals surface area contributed by atoms with Crippen LogP contribution in [-0.2, 0) is 17.8 Å². The van der Waals surface area contributed by atoms with Crippen molar-refractivity contribution in [2.75, 3.05) is 23.8 Å². The number of allylic oxidation sites excluding steroid dienone is 2. The summed E-state index contributed by atoms with van der Waals surface area (Å²) in [5.41, 5.74) is 4.84. The molecule has 0 radical (unpaired) electrons. The SMILES string of the molecule is CC1=C(c2ccc(N3CCc4cccc(C(=O)Nc5nc6ccccc6s5)c4C3)nc2)C=CNC1(C(=O)O)N(C)C1CCCCC1. The van der Waals surface area contributed by atoms with E-state index in [1.54, 1.807) is 6.20 Å². The van der Waals surface area contributed by atoms with Crippen molar-refractivity contribution in [3.8, 4) is 0 Å². The predicted octanol–water partition coefficient (Wildman–Crippen LogP) is 6.44. The summed E-state index contributed by atoms with van der Waals surface area (Å²) >= 11 is 1.47. The Morgan fingerprint density at radius 1 is 1.09 bits per heavy atom. The summed E-state index contributed by atoms with van der Waals surface area (Å²) in [6, 6.07) is 18.0. The van der Waals surface area contributed by atoms with Crippen molar-refractivity contribution < 1.29 is 14.7 Å². The third kappa shape index (κ3) is 5.35. The van der Waals surface area contributed by atoms with Crippen LogP contribution in [0.15, 0.2) is 78.6 Å². The number of aromatic nitrogens is 2. The average molecular weight is 635 g/mol. The number of nitrogens with zero attached hydrogens (tertiary/aromatic N) is 4. The van der Waals surface area contributed by atoms with E-state index in [0.717, 1.165) is 82.5 Å². The minimum Gasteiger partial charge on any atom is -0.478 e. The molecule has 3 aliphatic rings. The number of carbonyl (C=O) groups excluding carboxylic acids is 1. The fraction of sp³-hybridized carbons (Fsp3) is 0.333. The topological polar surface area (TPSA) is 111 Å². The maximum Gasteiger partial charge on any atom is 0.349 e. The lowest BCUT2D eigenvalue weighted by molar-refractivity contribution is -0.151. The zero-order chi connectivity index (χ0) is 31.8. The number of carboxylic acids is 1. The highest BCUT2D eigenvalue weighted by Crippen LogP contribution is 2.37. The van der Waals surface area contributed by atoms with Crippen LogP contribution in [0.3, 0.4) is 0 Å². The number of pyridine rings is 1. The number of benzene rings is 2. The number of dihydropyridines is 1. The van der Waals surface area contributed by atoms with Crippen molar-refractivity contribution in [2.24, 2.45) is 0 Å². The molecule has 236 valence electrons. The standard InChI is InChI=1S/C36H38N6O3S/c1-23-27(17-19-38-36(23,34(44)45)41(2)26-10-4-3-5-11-26)25-15-16-32(37-21-25)42-20-18-24-9-8-12-28(29(24)22-42)33(43)40-35-39-30-13-6-7-14-31(30)46-35/h6-9,12-17,19,21,26,38H,3-5,10-11,18,20,22H2,1-2H3,(H,44,45)(H,39,40,43). The monoisotopic (exact) mass is 634 g/mol. The molecule has 10 heteroatoms. The molecule has 4 heterocycles. The second kappa shape index (κ2) is 12.3. The zero-order valence-corrected chi connectivity index (χ0v) is 26.9. The third-order valence-electron chi connectivity index (χ3n) is 9.86. The summed E-state index contributed by atoms with van der Waals surface area (Å²) in [5.74, 6) is -0.253. The van der Waals surface area contributed by atoms with Crippen LogP contribution in [-0.4, -0.2) is 57.1 Å². The molecule has 2 aromatic heterocycles. The van der Waals surface area contributed by atoms with E-state index in [0.29, 0.717) is 17.2 Å². The van der Waals surface area contributed by atoms with Gasteiger partial charge in [-0.3, -0.25) is 15.0 Å².